The molecule has 0 unspecified atom stereocenters. The van der Waals surface area contributed by atoms with Gasteiger partial charge >= 0.3 is 0 Å². The molecule has 2 aromatic rings. The van der Waals surface area contributed by atoms with E-state index in [9.17, 15) is 0 Å². The van der Waals surface area contributed by atoms with Crippen LogP contribution >= 0.6 is 0 Å². The highest BCUT2D eigenvalue weighted by Crippen LogP contribution is 2.22. The van der Waals surface area contributed by atoms with Gasteiger partial charge in [-0.1, -0.05) is 0 Å². The summed E-state index contributed by atoms with van der Waals surface area (Å²) in [5.41, 5.74) is 2.43. The first-order valence-electron chi connectivity index (χ1n) is 4.53. The molecule has 0 saturated heterocycles. The third-order valence-corrected chi connectivity index (χ3v) is 2.29. The van der Waals surface area contributed by atoms with Gasteiger partial charge in [0.05, 0.1) is 12.0 Å². The fraction of sp³-hybridized carbons (Fsp3) is 0.273. The van der Waals surface area contributed by atoms with Crippen LogP contribution in [0.25, 0.3) is 11.5 Å². The highest BCUT2D eigenvalue weighted by atomic mass is 16.3. The van der Waals surface area contributed by atoms with E-state index in [1.54, 1.807) is 6.26 Å². The summed E-state index contributed by atoms with van der Waals surface area (Å²) in [6.45, 7) is 5.23. The maximum atomic E-state index is 5.35. The van der Waals surface area contributed by atoms with Crippen LogP contribution in [-0.2, 0) is 6.54 Å². The summed E-state index contributed by atoms with van der Waals surface area (Å²) in [7, 11) is 0. The van der Waals surface area contributed by atoms with E-state index >= 15 is 0 Å². The zero-order valence-electron chi connectivity index (χ0n) is 7.95. The van der Waals surface area contributed by atoms with E-state index in [1.807, 2.05) is 12.1 Å². The van der Waals surface area contributed by atoms with Crippen LogP contribution in [0.2, 0.25) is 0 Å². The molecule has 0 bridgehead atoms. The Balaban J connectivity index is 2.52. The summed E-state index contributed by atoms with van der Waals surface area (Å²) in [6.07, 6.45) is 1.71. The Morgan fingerprint density at radius 1 is 1.31 bits per heavy atom. The molecular formula is C11H13NO. The molecular weight excluding hydrogens is 162 g/mol. The molecule has 0 aliphatic heterocycles. The van der Waals surface area contributed by atoms with Gasteiger partial charge < -0.3 is 8.98 Å². The molecule has 68 valence electrons. The van der Waals surface area contributed by atoms with Gasteiger partial charge in [-0.25, -0.2) is 0 Å². The normalized spacial score (nSPS) is 10.6. The molecule has 0 N–H and O–H groups in total. The van der Waals surface area contributed by atoms with Gasteiger partial charge in [-0.3, -0.25) is 0 Å². The van der Waals surface area contributed by atoms with Crippen LogP contribution in [0, 0.1) is 6.92 Å². The molecule has 2 aromatic heterocycles. The number of hydrogen-bond acceptors (Lipinski definition) is 1. The lowest BCUT2D eigenvalue weighted by Gasteiger charge is -2.05. The Bertz CT molecular complexity index is 384. The van der Waals surface area contributed by atoms with Crippen molar-refractivity contribution in [3.8, 4) is 11.5 Å². The fourth-order valence-corrected chi connectivity index (χ4v) is 1.63. The molecule has 0 spiro atoms. The van der Waals surface area contributed by atoms with Crippen LogP contribution in [0.3, 0.4) is 0 Å². The van der Waals surface area contributed by atoms with E-state index in [2.05, 4.69) is 30.5 Å². The lowest BCUT2D eigenvalue weighted by Crippen LogP contribution is -1.97. The minimum Gasteiger partial charge on any atom is -0.463 e. The van der Waals surface area contributed by atoms with Crippen molar-refractivity contribution in [2.24, 2.45) is 0 Å². The van der Waals surface area contributed by atoms with Crippen molar-refractivity contribution in [1.82, 2.24) is 4.57 Å². The summed E-state index contributed by atoms with van der Waals surface area (Å²) in [6, 6.07) is 8.11. The van der Waals surface area contributed by atoms with Gasteiger partial charge in [-0.2, -0.15) is 0 Å². The van der Waals surface area contributed by atoms with Gasteiger partial charge in [0.1, 0.15) is 5.76 Å². The Labute approximate surface area is 77.8 Å². The third-order valence-electron chi connectivity index (χ3n) is 2.29. The first-order valence-corrected chi connectivity index (χ1v) is 4.53. The maximum Gasteiger partial charge on any atom is 0.150 e. The average Bonchev–Trinajstić information content (AvgIpc) is 2.71. The van der Waals surface area contributed by atoms with Crippen LogP contribution < -0.4 is 0 Å². The Morgan fingerprint density at radius 2 is 2.15 bits per heavy atom. The molecule has 0 atom stereocenters. The molecule has 2 rings (SSSR count). The lowest BCUT2D eigenvalue weighted by atomic mass is 10.3. The number of hydrogen-bond donors (Lipinski definition) is 0. The summed E-state index contributed by atoms with van der Waals surface area (Å²) < 4.78 is 7.59. The Morgan fingerprint density at radius 3 is 2.77 bits per heavy atom. The topological polar surface area (TPSA) is 18.1 Å². The average molecular weight is 175 g/mol. The minimum atomic E-state index is 0.940. The van der Waals surface area contributed by atoms with Crippen molar-refractivity contribution < 1.29 is 4.42 Å². The quantitative estimate of drug-likeness (QED) is 0.686. The number of nitrogens with zero attached hydrogens (tertiary/aromatic N) is 1. The molecule has 0 radical (unpaired) electrons. The number of aromatic nitrogens is 1. The van der Waals surface area contributed by atoms with Gasteiger partial charge in [-0.15, -0.1) is 0 Å². The van der Waals surface area contributed by atoms with Crippen LogP contribution in [-0.4, -0.2) is 4.57 Å². The van der Waals surface area contributed by atoms with Crippen LogP contribution in [0.15, 0.2) is 34.9 Å². The minimum absolute atomic E-state index is 0.940. The molecule has 0 fully saturated rings. The van der Waals surface area contributed by atoms with E-state index in [1.165, 1.54) is 5.69 Å². The zero-order valence-corrected chi connectivity index (χ0v) is 7.95. The third kappa shape index (κ3) is 1.28. The summed E-state index contributed by atoms with van der Waals surface area (Å²) in [5, 5.41) is 0. The van der Waals surface area contributed by atoms with E-state index < -0.39 is 0 Å². The fourth-order valence-electron chi connectivity index (χ4n) is 1.63. The predicted molar refractivity (Wildman–Crippen MR) is 52.5 cm³/mol. The molecule has 0 aromatic carbocycles. The monoisotopic (exact) mass is 175 g/mol. The first-order chi connectivity index (χ1) is 6.33. The van der Waals surface area contributed by atoms with Crippen LogP contribution in [0.5, 0.6) is 0 Å². The van der Waals surface area contributed by atoms with E-state index in [0.717, 1.165) is 18.0 Å². The summed E-state index contributed by atoms with van der Waals surface area (Å²) in [5.74, 6) is 0.940. The standard InChI is InChI=1S/C11H13NO/c1-3-12-9(2)6-7-10(12)11-5-4-8-13-11/h4-8H,3H2,1-2H3. The summed E-state index contributed by atoms with van der Waals surface area (Å²) in [4.78, 5) is 0. The van der Waals surface area contributed by atoms with Crippen molar-refractivity contribution in [1.29, 1.82) is 0 Å². The van der Waals surface area contributed by atoms with Crippen molar-refractivity contribution in [3.05, 3.63) is 36.2 Å². The zero-order chi connectivity index (χ0) is 9.26. The lowest BCUT2D eigenvalue weighted by molar-refractivity contribution is 0.572. The highest BCUT2D eigenvalue weighted by Gasteiger charge is 2.07. The van der Waals surface area contributed by atoms with Crippen molar-refractivity contribution >= 4 is 0 Å². The molecule has 0 amide bonds. The van der Waals surface area contributed by atoms with Gasteiger partial charge in [0.2, 0.25) is 0 Å². The highest BCUT2D eigenvalue weighted by molar-refractivity contribution is 5.54. The molecule has 2 nitrogen and oxygen atoms in total. The molecule has 2 heteroatoms. The second-order valence-electron chi connectivity index (χ2n) is 3.08. The smallest absolute Gasteiger partial charge is 0.150 e. The van der Waals surface area contributed by atoms with Gasteiger partial charge in [0.15, 0.2) is 0 Å². The SMILES string of the molecule is CCn1c(C)ccc1-c1ccco1. The van der Waals surface area contributed by atoms with Gasteiger partial charge in [-0.05, 0) is 38.1 Å². The molecule has 13 heavy (non-hydrogen) atoms. The number of furan rings is 1. The first kappa shape index (κ1) is 8.17. The maximum absolute atomic E-state index is 5.35. The van der Waals surface area contributed by atoms with E-state index in [0.29, 0.717) is 0 Å². The van der Waals surface area contributed by atoms with Crippen molar-refractivity contribution in [2.75, 3.05) is 0 Å². The van der Waals surface area contributed by atoms with Gasteiger partial charge in [0.25, 0.3) is 0 Å². The number of rotatable bonds is 2. The molecule has 0 aliphatic rings. The molecule has 0 saturated carbocycles. The van der Waals surface area contributed by atoms with Crippen LogP contribution in [0.1, 0.15) is 12.6 Å². The van der Waals surface area contributed by atoms with Crippen molar-refractivity contribution in [3.63, 3.8) is 0 Å². The predicted octanol–water partition coefficient (Wildman–Crippen LogP) is 3.08. The molecule has 2 heterocycles. The Kier molecular flexibility index (Phi) is 1.97. The van der Waals surface area contributed by atoms with Gasteiger partial charge in [0, 0.05) is 12.2 Å². The Hall–Kier alpha value is -1.44. The van der Waals surface area contributed by atoms with Crippen LogP contribution in [0.4, 0.5) is 0 Å². The number of aryl methyl sites for hydroxylation is 1. The van der Waals surface area contributed by atoms with Crippen molar-refractivity contribution in [2.45, 2.75) is 20.4 Å². The second kappa shape index (κ2) is 3.13. The molecule has 0 aliphatic carbocycles. The second-order valence-corrected chi connectivity index (χ2v) is 3.08. The van der Waals surface area contributed by atoms with E-state index in [4.69, 9.17) is 4.42 Å². The largest absolute Gasteiger partial charge is 0.463 e. The van der Waals surface area contributed by atoms with E-state index in [-0.39, 0.29) is 0 Å². The summed E-state index contributed by atoms with van der Waals surface area (Å²) >= 11 is 0.